The van der Waals surface area contributed by atoms with E-state index in [1.165, 1.54) is 0 Å². The van der Waals surface area contributed by atoms with Crippen LogP contribution in [0.5, 0.6) is 0 Å². The Hall–Kier alpha value is -2.06. The highest BCUT2D eigenvalue weighted by molar-refractivity contribution is 5.83. The van der Waals surface area contributed by atoms with Gasteiger partial charge in [0.15, 0.2) is 0 Å². The van der Waals surface area contributed by atoms with E-state index in [1.54, 1.807) is 4.90 Å². The van der Waals surface area contributed by atoms with Crippen LogP contribution in [-0.4, -0.2) is 23.9 Å². The molecule has 1 rings (SSSR count). The van der Waals surface area contributed by atoms with Crippen molar-refractivity contribution in [2.75, 3.05) is 13.1 Å². The summed E-state index contributed by atoms with van der Waals surface area (Å²) in [4.78, 5) is 14.3. The van der Waals surface area contributed by atoms with Crippen LogP contribution in [-0.2, 0) is 4.79 Å². The molecule has 1 fully saturated rings. The molecule has 0 aromatic carbocycles. The van der Waals surface area contributed by atoms with Gasteiger partial charge in [-0.25, -0.2) is 0 Å². The Morgan fingerprint density at radius 1 is 1.05 bits per heavy atom. The van der Waals surface area contributed by atoms with E-state index in [9.17, 15) is 4.79 Å². The molecule has 1 saturated heterocycles. The maximum atomic E-state index is 12.6. The first kappa shape index (κ1) is 15.0. The molecule has 100 valence electrons. The molecule has 5 heteroatoms. The summed E-state index contributed by atoms with van der Waals surface area (Å²) < 4.78 is 0. The van der Waals surface area contributed by atoms with Crippen molar-refractivity contribution in [1.82, 2.24) is 4.90 Å². The van der Waals surface area contributed by atoms with E-state index >= 15 is 0 Å². The van der Waals surface area contributed by atoms with Gasteiger partial charge in [0.1, 0.15) is 0 Å². The quantitative estimate of drug-likeness (QED) is 0.729. The third-order valence-corrected chi connectivity index (χ3v) is 3.75. The van der Waals surface area contributed by atoms with E-state index in [2.05, 4.69) is 18.2 Å². The molecule has 1 aliphatic rings. The number of piperidine rings is 1. The van der Waals surface area contributed by atoms with E-state index in [1.807, 2.05) is 0 Å². The second-order valence-corrected chi connectivity index (χ2v) is 4.90. The van der Waals surface area contributed by atoms with Crippen LogP contribution in [0.15, 0.2) is 0 Å². The van der Waals surface area contributed by atoms with Gasteiger partial charge in [0.2, 0.25) is 5.91 Å². The highest BCUT2D eigenvalue weighted by Gasteiger charge is 2.42. The van der Waals surface area contributed by atoms with Crippen LogP contribution in [0.25, 0.3) is 0 Å². The van der Waals surface area contributed by atoms with Gasteiger partial charge in [0.25, 0.3) is 0 Å². The van der Waals surface area contributed by atoms with Crippen LogP contribution in [0.4, 0.5) is 0 Å². The number of nitriles is 3. The molecule has 19 heavy (non-hydrogen) atoms. The molecule has 0 atom stereocenters. The largest absolute Gasteiger partial charge is 0.341 e. The minimum Gasteiger partial charge on any atom is -0.341 e. The number of carbonyl (C=O) groups is 1. The van der Waals surface area contributed by atoms with E-state index in [0.717, 1.165) is 12.8 Å². The van der Waals surface area contributed by atoms with Gasteiger partial charge in [-0.3, -0.25) is 4.79 Å². The average Bonchev–Trinajstić information content (AvgIpc) is 2.44. The SMILES string of the molecule is N#CCCN1CCCC(CCC#N)(CCC#N)C1=O. The molecular formula is C14H18N4O. The summed E-state index contributed by atoms with van der Waals surface area (Å²) in [5.41, 5.74) is -0.556. The summed E-state index contributed by atoms with van der Waals surface area (Å²) in [7, 11) is 0. The molecular weight excluding hydrogens is 240 g/mol. The fourth-order valence-electron chi connectivity index (χ4n) is 2.73. The molecule has 0 aliphatic carbocycles. The third kappa shape index (κ3) is 3.70. The van der Waals surface area contributed by atoms with Gasteiger partial charge < -0.3 is 4.90 Å². The number of carbonyl (C=O) groups excluding carboxylic acids is 1. The van der Waals surface area contributed by atoms with Crippen molar-refractivity contribution in [1.29, 1.82) is 15.8 Å². The second kappa shape index (κ2) is 7.39. The molecule has 0 unspecified atom stereocenters. The standard InChI is InChI=1S/C14H18N4O/c15-8-1-5-14(6-2-9-16)7-3-11-18(13(14)19)12-4-10-17/h1-7,11-12H2. The van der Waals surface area contributed by atoms with Crippen LogP contribution in [0.3, 0.4) is 0 Å². The van der Waals surface area contributed by atoms with Crippen molar-refractivity contribution < 1.29 is 4.79 Å². The van der Waals surface area contributed by atoms with Crippen molar-refractivity contribution >= 4 is 5.91 Å². The van der Waals surface area contributed by atoms with Crippen molar-refractivity contribution in [3.05, 3.63) is 0 Å². The van der Waals surface area contributed by atoms with Gasteiger partial charge >= 0.3 is 0 Å². The number of amides is 1. The first-order chi connectivity index (χ1) is 9.20. The molecule has 5 nitrogen and oxygen atoms in total. The predicted molar refractivity (Wildman–Crippen MR) is 68.2 cm³/mol. The number of nitrogens with zero attached hydrogens (tertiary/aromatic N) is 4. The van der Waals surface area contributed by atoms with Gasteiger partial charge in [0.05, 0.1) is 30.0 Å². The Morgan fingerprint density at radius 3 is 2.16 bits per heavy atom. The van der Waals surface area contributed by atoms with Gasteiger partial charge in [-0.1, -0.05) is 0 Å². The zero-order valence-corrected chi connectivity index (χ0v) is 11.1. The minimum absolute atomic E-state index is 0.0273. The maximum Gasteiger partial charge on any atom is 0.228 e. The number of hydrogen-bond acceptors (Lipinski definition) is 4. The van der Waals surface area contributed by atoms with Crippen molar-refractivity contribution in [3.63, 3.8) is 0 Å². The van der Waals surface area contributed by atoms with Crippen LogP contribution in [0.2, 0.25) is 0 Å². The summed E-state index contributed by atoms with van der Waals surface area (Å²) in [6, 6.07) is 6.23. The topological polar surface area (TPSA) is 91.7 Å². The highest BCUT2D eigenvalue weighted by atomic mass is 16.2. The fourth-order valence-corrected chi connectivity index (χ4v) is 2.73. The van der Waals surface area contributed by atoms with E-state index < -0.39 is 5.41 Å². The Bertz CT molecular complexity index is 420. The van der Waals surface area contributed by atoms with Crippen LogP contribution >= 0.6 is 0 Å². The van der Waals surface area contributed by atoms with Crippen molar-refractivity contribution in [2.24, 2.45) is 5.41 Å². The fraction of sp³-hybridized carbons (Fsp3) is 0.714. The monoisotopic (exact) mass is 258 g/mol. The number of rotatable bonds is 6. The Morgan fingerprint density at radius 2 is 1.63 bits per heavy atom. The van der Waals surface area contributed by atoms with E-state index in [0.29, 0.717) is 45.2 Å². The lowest BCUT2D eigenvalue weighted by molar-refractivity contribution is -0.147. The Balaban J connectivity index is 2.82. The molecule has 1 amide bonds. The third-order valence-electron chi connectivity index (χ3n) is 3.75. The van der Waals surface area contributed by atoms with Crippen LogP contribution in [0.1, 0.15) is 44.9 Å². The van der Waals surface area contributed by atoms with Gasteiger partial charge in [-0.15, -0.1) is 0 Å². The maximum absolute atomic E-state index is 12.6. The zero-order valence-electron chi connectivity index (χ0n) is 11.1. The zero-order chi connectivity index (χ0) is 14.1. The normalized spacial score (nSPS) is 17.3. The molecule has 0 aromatic heterocycles. The summed E-state index contributed by atoms with van der Waals surface area (Å²) in [5, 5.41) is 26.1. The molecule has 1 aliphatic heterocycles. The smallest absolute Gasteiger partial charge is 0.228 e. The summed E-state index contributed by atoms with van der Waals surface area (Å²) in [6.07, 6.45) is 3.68. The van der Waals surface area contributed by atoms with Gasteiger partial charge in [-0.05, 0) is 25.7 Å². The van der Waals surface area contributed by atoms with E-state index in [4.69, 9.17) is 15.8 Å². The molecule has 0 bridgehead atoms. The summed E-state index contributed by atoms with van der Waals surface area (Å²) >= 11 is 0. The molecule has 0 saturated carbocycles. The van der Waals surface area contributed by atoms with Crippen molar-refractivity contribution in [3.8, 4) is 18.2 Å². The van der Waals surface area contributed by atoms with E-state index in [-0.39, 0.29) is 5.91 Å². The van der Waals surface area contributed by atoms with Gasteiger partial charge in [-0.2, -0.15) is 15.8 Å². The second-order valence-electron chi connectivity index (χ2n) is 4.90. The van der Waals surface area contributed by atoms with Crippen LogP contribution in [0, 0.1) is 39.4 Å². The first-order valence-electron chi connectivity index (χ1n) is 6.60. The number of hydrogen-bond donors (Lipinski definition) is 0. The summed E-state index contributed by atoms with van der Waals surface area (Å²) in [6.45, 7) is 1.14. The van der Waals surface area contributed by atoms with Crippen LogP contribution < -0.4 is 0 Å². The predicted octanol–water partition coefficient (Wildman–Crippen LogP) is 2.12. The first-order valence-corrected chi connectivity index (χ1v) is 6.60. The lowest BCUT2D eigenvalue weighted by Crippen LogP contribution is -2.49. The molecule has 0 spiro atoms. The van der Waals surface area contributed by atoms with Gasteiger partial charge in [0, 0.05) is 25.9 Å². The highest BCUT2D eigenvalue weighted by Crippen LogP contribution is 2.40. The number of likely N-dealkylation sites (tertiary alicyclic amines) is 1. The molecule has 1 heterocycles. The molecule has 0 radical (unpaired) electrons. The Labute approximate surface area is 114 Å². The average molecular weight is 258 g/mol. The summed E-state index contributed by atoms with van der Waals surface area (Å²) in [5.74, 6) is 0.0273. The van der Waals surface area contributed by atoms with Crippen molar-refractivity contribution in [2.45, 2.75) is 44.9 Å². The molecule has 0 N–H and O–H groups in total. The Kier molecular flexibility index (Phi) is 5.83. The minimum atomic E-state index is -0.556. The lowest BCUT2D eigenvalue weighted by atomic mass is 9.72. The lowest BCUT2D eigenvalue weighted by Gasteiger charge is -2.41. The molecule has 0 aromatic rings.